The molecule has 0 atom stereocenters. The first kappa shape index (κ1) is 13.7. The summed E-state index contributed by atoms with van der Waals surface area (Å²) in [6.07, 6.45) is 2.11. The highest BCUT2D eigenvalue weighted by atomic mass is 15.3. The van der Waals surface area contributed by atoms with Crippen molar-refractivity contribution in [3.05, 3.63) is 46.8 Å². The van der Waals surface area contributed by atoms with Gasteiger partial charge in [0.1, 0.15) is 0 Å². The van der Waals surface area contributed by atoms with Crippen LogP contribution in [0.3, 0.4) is 0 Å². The lowest BCUT2D eigenvalue weighted by Gasteiger charge is -2.15. The Hall–Kier alpha value is -1.77. The summed E-state index contributed by atoms with van der Waals surface area (Å²) in [5.41, 5.74) is 6.35. The molecule has 1 aromatic heterocycles. The molecule has 1 aromatic carbocycles. The molecule has 102 valence electrons. The predicted molar refractivity (Wildman–Crippen MR) is 80.5 cm³/mol. The molecule has 3 nitrogen and oxygen atoms in total. The minimum atomic E-state index is 0.821. The molecular weight excluding hydrogens is 234 g/mol. The molecule has 0 aliphatic heterocycles. The van der Waals surface area contributed by atoms with Gasteiger partial charge in [0.2, 0.25) is 0 Å². The van der Waals surface area contributed by atoms with Crippen molar-refractivity contribution in [3.63, 3.8) is 0 Å². The predicted octanol–water partition coefficient (Wildman–Crippen LogP) is 3.47. The van der Waals surface area contributed by atoms with E-state index in [0.29, 0.717) is 0 Å². The lowest BCUT2D eigenvalue weighted by molar-refractivity contribution is 0.713. The molecule has 2 rings (SSSR count). The van der Waals surface area contributed by atoms with Gasteiger partial charge in [-0.2, -0.15) is 5.10 Å². The summed E-state index contributed by atoms with van der Waals surface area (Å²) in [6.45, 7) is 7.25. The zero-order chi connectivity index (χ0) is 13.8. The van der Waals surface area contributed by atoms with E-state index in [1.165, 1.54) is 22.5 Å². The Kier molecular flexibility index (Phi) is 4.25. The topological polar surface area (TPSA) is 29.9 Å². The first-order chi connectivity index (χ1) is 9.15. The summed E-state index contributed by atoms with van der Waals surface area (Å²) >= 11 is 0. The summed E-state index contributed by atoms with van der Waals surface area (Å²) in [5, 5.41) is 7.98. The van der Waals surface area contributed by atoms with Gasteiger partial charge in [0, 0.05) is 12.7 Å². The van der Waals surface area contributed by atoms with E-state index in [4.69, 9.17) is 0 Å². The summed E-state index contributed by atoms with van der Waals surface area (Å²) in [6, 6.07) is 8.69. The molecule has 0 saturated carbocycles. The van der Waals surface area contributed by atoms with Crippen LogP contribution >= 0.6 is 0 Å². The van der Waals surface area contributed by atoms with Gasteiger partial charge in [0.15, 0.2) is 0 Å². The van der Waals surface area contributed by atoms with Crippen LogP contribution in [0.5, 0.6) is 0 Å². The quantitative estimate of drug-likeness (QED) is 0.889. The number of aryl methyl sites for hydroxylation is 4. The van der Waals surface area contributed by atoms with Gasteiger partial charge in [0.25, 0.3) is 0 Å². The number of nitrogens with one attached hydrogen (secondary N) is 1. The molecule has 1 heterocycles. The number of aromatic nitrogens is 2. The molecule has 2 aromatic rings. The molecule has 0 aliphatic rings. The first-order valence-corrected chi connectivity index (χ1v) is 6.99. The normalized spacial score (nSPS) is 10.7. The number of rotatable bonds is 5. The van der Waals surface area contributed by atoms with Gasteiger partial charge in [-0.25, -0.2) is 0 Å². The van der Waals surface area contributed by atoms with Crippen LogP contribution in [0.4, 0.5) is 5.69 Å². The number of hydrogen-bond acceptors (Lipinski definition) is 2. The Morgan fingerprint density at radius 3 is 2.26 bits per heavy atom. The molecule has 0 saturated heterocycles. The third-order valence-electron chi connectivity index (χ3n) is 3.54. The Labute approximate surface area is 115 Å². The van der Waals surface area contributed by atoms with Crippen molar-refractivity contribution in [2.24, 2.45) is 7.05 Å². The molecule has 0 bridgehead atoms. The van der Waals surface area contributed by atoms with Crippen LogP contribution in [0.2, 0.25) is 0 Å². The van der Waals surface area contributed by atoms with Gasteiger partial charge in [-0.1, -0.05) is 32.0 Å². The molecule has 0 aliphatic carbocycles. The smallest absolute Gasteiger partial charge is 0.0597 e. The van der Waals surface area contributed by atoms with Gasteiger partial charge in [0.05, 0.1) is 17.9 Å². The van der Waals surface area contributed by atoms with E-state index in [2.05, 4.69) is 48.5 Å². The largest absolute Gasteiger partial charge is 0.379 e. The van der Waals surface area contributed by atoms with Gasteiger partial charge in [-0.3, -0.25) is 4.68 Å². The first-order valence-electron chi connectivity index (χ1n) is 6.99. The summed E-state index contributed by atoms with van der Waals surface area (Å²) in [5.74, 6) is 0. The number of benzene rings is 1. The van der Waals surface area contributed by atoms with Crippen LogP contribution < -0.4 is 5.32 Å². The summed E-state index contributed by atoms with van der Waals surface area (Å²) in [7, 11) is 2.00. The molecule has 0 spiro atoms. The van der Waals surface area contributed by atoms with Crippen molar-refractivity contribution in [1.82, 2.24) is 9.78 Å². The van der Waals surface area contributed by atoms with Gasteiger partial charge in [-0.05, 0) is 37.0 Å². The van der Waals surface area contributed by atoms with Gasteiger partial charge in [-0.15, -0.1) is 0 Å². The fraction of sp³-hybridized carbons (Fsp3) is 0.438. The van der Waals surface area contributed by atoms with Crippen LogP contribution in [0, 0.1) is 6.92 Å². The molecule has 19 heavy (non-hydrogen) atoms. The van der Waals surface area contributed by atoms with Crippen molar-refractivity contribution in [2.45, 2.75) is 40.2 Å². The van der Waals surface area contributed by atoms with E-state index >= 15 is 0 Å². The number of nitrogens with zero attached hydrogens (tertiary/aromatic N) is 2. The van der Waals surface area contributed by atoms with Crippen molar-refractivity contribution in [2.75, 3.05) is 5.32 Å². The third-order valence-corrected chi connectivity index (χ3v) is 3.54. The van der Waals surface area contributed by atoms with E-state index in [-0.39, 0.29) is 0 Å². The van der Waals surface area contributed by atoms with E-state index in [0.717, 1.165) is 25.1 Å². The molecular formula is C16H23N3. The maximum atomic E-state index is 4.39. The van der Waals surface area contributed by atoms with Crippen LogP contribution in [0.25, 0.3) is 0 Å². The Morgan fingerprint density at radius 2 is 1.79 bits per heavy atom. The maximum absolute atomic E-state index is 4.39. The highest BCUT2D eigenvalue weighted by molar-refractivity contribution is 5.58. The van der Waals surface area contributed by atoms with Crippen LogP contribution in [-0.4, -0.2) is 9.78 Å². The van der Waals surface area contributed by atoms with E-state index < -0.39 is 0 Å². The second-order valence-corrected chi connectivity index (χ2v) is 4.91. The number of para-hydroxylation sites is 1. The third kappa shape index (κ3) is 2.98. The van der Waals surface area contributed by atoms with Gasteiger partial charge >= 0.3 is 0 Å². The van der Waals surface area contributed by atoms with Crippen LogP contribution in [0.15, 0.2) is 24.3 Å². The van der Waals surface area contributed by atoms with Crippen molar-refractivity contribution in [3.8, 4) is 0 Å². The summed E-state index contributed by atoms with van der Waals surface area (Å²) < 4.78 is 1.95. The van der Waals surface area contributed by atoms with E-state index in [1.54, 1.807) is 0 Å². The summed E-state index contributed by atoms with van der Waals surface area (Å²) in [4.78, 5) is 0. The standard InChI is InChI=1S/C16H23N3/c1-5-13-8-7-9-14(6-2)16(13)17-11-15-10-12(3)18-19(15)4/h7-10,17H,5-6,11H2,1-4H3. The Bertz CT molecular complexity index is 533. The molecule has 3 heteroatoms. The van der Waals surface area contributed by atoms with Crippen LogP contribution in [0.1, 0.15) is 36.4 Å². The van der Waals surface area contributed by atoms with Crippen molar-refractivity contribution in [1.29, 1.82) is 0 Å². The minimum absolute atomic E-state index is 0.821. The zero-order valence-electron chi connectivity index (χ0n) is 12.3. The average molecular weight is 257 g/mol. The second kappa shape index (κ2) is 5.91. The van der Waals surface area contributed by atoms with Crippen LogP contribution in [-0.2, 0) is 26.4 Å². The van der Waals surface area contributed by atoms with Gasteiger partial charge < -0.3 is 5.32 Å². The van der Waals surface area contributed by atoms with Crippen molar-refractivity contribution >= 4 is 5.69 Å². The average Bonchev–Trinajstić information content (AvgIpc) is 2.74. The fourth-order valence-corrected chi connectivity index (χ4v) is 2.48. The highest BCUT2D eigenvalue weighted by Gasteiger charge is 2.07. The molecule has 0 radical (unpaired) electrons. The maximum Gasteiger partial charge on any atom is 0.0597 e. The molecule has 0 fully saturated rings. The lowest BCUT2D eigenvalue weighted by Crippen LogP contribution is -2.08. The second-order valence-electron chi connectivity index (χ2n) is 4.91. The van der Waals surface area contributed by atoms with Crippen molar-refractivity contribution < 1.29 is 0 Å². The minimum Gasteiger partial charge on any atom is -0.379 e. The number of anilines is 1. The molecule has 0 amide bonds. The Balaban J connectivity index is 2.21. The highest BCUT2D eigenvalue weighted by Crippen LogP contribution is 2.23. The van der Waals surface area contributed by atoms with E-state index in [9.17, 15) is 0 Å². The number of hydrogen-bond donors (Lipinski definition) is 1. The lowest BCUT2D eigenvalue weighted by atomic mass is 10.0. The fourth-order valence-electron chi connectivity index (χ4n) is 2.48. The molecule has 1 N–H and O–H groups in total. The monoisotopic (exact) mass is 257 g/mol. The molecule has 0 unspecified atom stereocenters. The SMILES string of the molecule is CCc1cccc(CC)c1NCc1cc(C)nn1C. The Morgan fingerprint density at radius 1 is 1.16 bits per heavy atom. The van der Waals surface area contributed by atoms with E-state index in [1.807, 2.05) is 18.7 Å². The zero-order valence-corrected chi connectivity index (χ0v) is 12.3.